The van der Waals surface area contributed by atoms with E-state index in [0.29, 0.717) is 37.5 Å². The summed E-state index contributed by atoms with van der Waals surface area (Å²) in [5.41, 5.74) is 0.457. The summed E-state index contributed by atoms with van der Waals surface area (Å²) in [5.74, 6) is 0.0798. The lowest BCUT2D eigenvalue weighted by atomic mass is 10.1. The van der Waals surface area contributed by atoms with Crippen molar-refractivity contribution in [3.05, 3.63) is 18.3 Å². The highest BCUT2D eigenvalue weighted by Crippen LogP contribution is 2.21. The molecule has 9 nitrogen and oxygen atoms in total. The van der Waals surface area contributed by atoms with Crippen LogP contribution in [0.3, 0.4) is 0 Å². The Kier molecular flexibility index (Phi) is 6.41. The van der Waals surface area contributed by atoms with E-state index in [1.807, 2.05) is 0 Å². The molecule has 26 heavy (non-hydrogen) atoms. The SMILES string of the molecule is CC(=O)NCC(=O)N1CCC(Oc2ccc(N(C)S(C)(=O)=O)cn2)CC1. The van der Waals surface area contributed by atoms with E-state index in [2.05, 4.69) is 10.3 Å². The van der Waals surface area contributed by atoms with E-state index < -0.39 is 10.0 Å². The van der Waals surface area contributed by atoms with Gasteiger partial charge in [0.05, 0.1) is 24.7 Å². The number of anilines is 1. The smallest absolute Gasteiger partial charge is 0.241 e. The summed E-state index contributed by atoms with van der Waals surface area (Å²) in [6.45, 7) is 2.49. The van der Waals surface area contributed by atoms with Gasteiger partial charge in [-0.3, -0.25) is 13.9 Å². The van der Waals surface area contributed by atoms with E-state index in [4.69, 9.17) is 4.74 Å². The average molecular weight is 384 g/mol. The van der Waals surface area contributed by atoms with Gasteiger partial charge in [0.2, 0.25) is 27.7 Å². The number of amides is 2. The average Bonchev–Trinajstić information content (AvgIpc) is 2.59. The van der Waals surface area contributed by atoms with Gasteiger partial charge in [0.25, 0.3) is 0 Å². The molecule has 1 N–H and O–H groups in total. The lowest BCUT2D eigenvalue weighted by molar-refractivity contribution is -0.134. The van der Waals surface area contributed by atoms with Gasteiger partial charge >= 0.3 is 0 Å². The van der Waals surface area contributed by atoms with Gasteiger partial charge in [-0.25, -0.2) is 13.4 Å². The Labute approximate surface area is 153 Å². The van der Waals surface area contributed by atoms with Gasteiger partial charge in [-0.05, 0) is 6.07 Å². The summed E-state index contributed by atoms with van der Waals surface area (Å²) in [4.78, 5) is 28.7. The highest BCUT2D eigenvalue weighted by Gasteiger charge is 2.24. The molecule has 1 aliphatic rings. The Hall–Kier alpha value is -2.36. The fourth-order valence-corrected chi connectivity index (χ4v) is 3.02. The van der Waals surface area contributed by atoms with Crippen LogP contribution in [-0.2, 0) is 19.6 Å². The topological polar surface area (TPSA) is 109 Å². The molecule has 1 saturated heterocycles. The molecule has 0 bridgehead atoms. The van der Waals surface area contributed by atoms with Crippen molar-refractivity contribution in [3.8, 4) is 5.88 Å². The molecule has 0 atom stereocenters. The fourth-order valence-electron chi connectivity index (χ4n) is 2.53. The number of rotatable bonds is 6. The van der Waals surface area contributed by atoms with Crippen molar-refractivity contribution < 1.29 is 22.7 Å². The van der Waals surface area contributed by atoms with Crippen molar-refractivity contribution >= 4 is 27.5 Å². The van der Waals surface area contributed by atoms with E-state index in [1.54, 1.807) is 17.0 Å². The Morgan fingerprint density at radius 2 is 2.00 bits per heavy atom. The Morgan fingerprint density at radius 3 is 2.50 bits per heavy atom. The summed E-state index contributed by atoms with van der Waals surface area (Å²) < 4.78 is 30.0. The van der Waals surface area contributed by atoms with E-state index in [-0.39, 0.29) is 24.5 Å². The molecular weight excluding hydrogens is 360 g/mol. The number of carbonyl (C=O) groups excluding carboxylic acids is 2. The molecule has 0 unspecified atom stereocenters. The minimum atomic E-state index is -3.33. The zero-order valence-corrected chi connectivity index (χ0v) is 16.0. The van der Waals surface area contributed by atoms with Crippen LogP contribution in [0.1, 0.15) is 19.8 Å². The van der Waals surface area contributed by atoms with Gasteiger partial charge in [-0.1, -0.05) is 0 Å². The van der Waals surface area contributed by atoms with Crippen molar-refractivity contribution in [2.45, 2.75) is 25.9 Å². The van der Waals surface area contributed by atoms with Gasteiger partial charge in [0, 0.05) is 46.0 Å². The van der Waals surface area contributed by atoms with E-state index in [9.17, 15) is 18.0 Å². The highest BCUT2D eigenvalue weighted by atomic mass is 32.2. The monoisotopic (exact) mass is 384 g/mol. The molecule has 0 saturated carbocycles. The molecule has 2 amide bonds. The second kappa shape index (κ2) is 8.35. The van der Waals surface area contributed by atoms with Gasteiger partial charge in [0.15, 0.2) is 0 Å². The summed E-state index contributed by atoms with van der Waals surface area (Å²) in [6.07, 6.45) is 3.84. The Morgan fingerprint density at radius 1 is 1.35 bits per heavy atom. The first kappa shape index (κ1) is 20.0. The maximum absolute atomic E-state index is 12.0. The molecule has 1 aliphatic heterocycles. The zero-order chi connectivity index (χ0) is 19.3. The van der Waals surface area contributed by atoms with Gasteiger partial charge in [0.1, 0.15) is 6.10 Å². The number of nitrogens with zero attached hydrogens (tertiary/aromatic N) is 3. The van der Waals surface area contributed by atoms with Crippen LogP contribution in [0.2, 0.25) is 0 Å². The predicted octanol–water partition coefficient (Wildman–Crippen LogP) is -0.0167. The van der Waals surface area contributed by atoms with Gasteiger partial charge < -0.3 is 15.0 Å². The van der Waals surface area contributed by atoms with Crippen LogP contribution >= 0.6 is 0 Å². The Bertz CT molecular complexity index is 742. The van der Waals surface area contributed by atoms with Crippen LogP contribution < -0.4 is 14.4 Å². The molecule has 2 rings (SSSR count). The normalized spacial score (nSPS) is 15.4. The van der Waals surface area contributed by atoms with Crippen LogP contribution in [0.15, 0.2) is 18.3 Å². The number of nitrogens with one attached hydrogen (secondary N) is 1. The van der Waals surface area contributed by atoms with E-state index in [0.717, 1.165) is 10.6 Å². The van der Waals surface area contributed by atoms with Crippen LogP contribution in [0, 0.1) is 0 Å². The van der Waals surface area contributed by atoms with Crippen LogP contribution in [-0.4, -0.2) is 69.2 Å². The largest absolute Gasteiger partial charge is 0.474 e. The van der Waals surface area contributed by atoms with Crippen molar-refractivity contribution in [1.82, 2.24) is 15.2 Å². The van der Waals surface area contributed by atoms with Crippen molar-refractivity contribution in [1.29, 1.82) is 0 Å². The van der Waals surface area contributed by atoms with Gasteiger partial charge in [-0.15, -0.1) is 0 Å². The molecular formula is C16H24N4O5S. The minimum absolute atomic E-state index is 0.0116. The molecule has 1 aromatic heterocycles. The number of hydrogen-bond acceptors (Lipinski definition) is 6. The third kappa shape index (κ3) is 5.58. The number of piperidine rings is 1. The summed E-state index contributed by atoms with van der Waals surface area (Å²) in [6, 6.07) is 3.26. The van der Waals surface area contributed by atoms with Crippen molar-refractivity contribution in [2.24, 2.45) is 0 Å². The second-order valence-electron chi connectivity index (χ2n) is 6.19. The maximum atomic E-state index is 12.0. The molecule has 1 aromatic rings. The van der Waals surface area contributed by atoms with Crippen LogP contribution in [0.4, 0.5) is 5.69 Å². The predicted molar refractivity (Wildman–Crippen MR) is 96.4 cm³/mol. The number of pyridine rings is 1. The molecule has 1 fully saturated rings. The number of aromatic nitrogens is 1. The minimum Gasteiger partial charge on any atom is -0.474 e. The number of carbonyl (C=O) groups is 2. The van der Waals surface area contributed by atoms with E-state index >= 15 is 0 Å². The molecule has 2 heterocycles. The van der Waals surface area contributed by atoms with Crippen LogP contribution in [0.25, 0.3) is 0 Å². The van der Waals surface area contributed by atoms with Crippen molar-refractivity contribution in [2.75, 3.05) is 37.2 Å². The Balaban J connectivity index is 1.84. The third-order valence-corrected chi connectivity index (χ3v) is 5.36. The number of likely N-dealkylation sites (tertiary alicyclic amines) is 1. The third-order valence-electron chi connectivity index (χ3n) is 4.15. The standard InChI is InChI=1S/C16H24N4O5S/c1-12(21)17-11-16(22)20-8-6-14(7-9-20)25-15-5-4-13(10-18-15)19(2)26(3,23)24/h4-5,10,14H,6-9,11H2,1-3H3,(H,17,21). The first-order chi connectivity index (χ1) is 12.2. The number of hydrogen-bond donors (Lipinski definition) is 1. The molecule has 0 aliphatic carbocycles. The quantitative estimate of drug-likeness (QED) is 0.739. The van der Waals surface area contributed by atoms with Crippen molar-refractivity contribution in [3.63, 3.8) is 0 Å². The highest BCUT2D eigenvalue weighted by molar-refractivity contribution is 7.92. The molecule has 10 heteroatoms. The summed E-state index contributed by atoms with van der Waals surface area (Å²) in [5, 5.41) is 2.50. The van der Waals surface area contributed by atoms with Crippen LogP contribution in [0.5, 0.6) is 5.88 Å². The molecule has 0 aromatic carbocycles. The summed E-state index contributed by atoms with van der Waals surface area (Å²) in [7, 11) is -1.87. The lowest BCUT2D eigenvalue weighted by Gasteiger charge is -2.32. The first-order valence-corrected chi connectivity index (χ1v) is 10.1. The second-order valence-corrected chi connectivity index (χ2v) is 8.21. The maximum Gasteiger partial charge on any atom is 0.241 e. The lowest BCUT2D eigenvalue weighted by Crippen LogP contribution is -2.45. The first-order valence-electron chi connectivity index (χ1n) is 8.25. The molecule has 0 radical (unpaired) electrons. The zero-order valence-electron chi connectivity index (χ0n) is 15.1. The fraction of sp³-hybridized carbons (Fsp3) is 0.562. The van der Waals surface area contributed by atoms with E-state index in [1.165, 1.54) is 20.2 Å². The molecule has 144 valence electrons. The summed E-state index contributed by atoms with van der Waals surface area (Å²) >= 11 is 0. The number of ether oxygens (including phenoxy) is 1. The molecule has 0 spiro atoms. The van der Waals surface area contributed by atoms with Gasteiger partial charge in [-0.2, -0.15) is 0 Å². The number of sulfonamides is 1.